The van der Waals surface area contributed by atoms with Gasteiger partial charge in [0.2, 0.25) is 0 Å². The molecule has 1 fully saturated rings. The van der Waals surface area contributed by atoms with E-state index in [2.05, 4.69) is 35.4 Å². The Labute approximate surface area is 67.1 Å². The van der Waals surface area contributed by atoms with Crippen molar-refractivity contribution in [3.8, 4) is 0 Å². The van der Waals surface area contributed by atoms with E-state index in [4.69, 9.17) is 0 Å². The van der Waals surface area contributed by atoms with E-state index in [0.717, 1.165) is 0 Å². The fraction of sp³-hybridized carbons (Fsp3) is 1.00. The predicted octanol–water partition coefficient (Wildman–Crippen LogP) is 2.06. The van der Waals surface area contributed by atoms with Gasteiger partial charge in [-0.05, 0) is 19.3 Å². The molecule has 0 aromatic rings. The molecule has 1 heterocycles. The molecule has 0 aromatic heterocycles. The van der Waals surface area contributed by atoms with Crippen LogP contribution in [0.4, 0.5) is 0 Å². The molecular weight excluding hydrogens is 187 g/mol. The van der Waals surface area contributed by atoms with Crippen molar-refractivity contribution in [2.75, 3.05) is 0 Å². The van der Waals surface area contributed by atoms with Crippen molar-refractivity contribution in [1.82, 2.24) is 0 Å². The van der Waals surface area contributed by atoms with Gasteiger partial charge in [0.05, 0.1) is 12.1 Å². The van der Waals surface area contributed by atoms with Crippen LogP contribution in [0.15, 0.2) is 10.2 Å². The number of rotatable bonds is 0. The molecule has 2 aliphatic rings. The van der Waals surface area contributed by atoms with Gasteiger partial charge in [-0.3, -0.25) is 0 Å². The van der Waals surface area contributed by atoms with Crippen molar-refractivity contribution in [3.63, 3.8) is 0 Å². The SMILES string of the molecule is C1CC2CC1N=N2.[Cl][Cu]. The van der Waals surface area contributed by atoms with E-state index in [0.29, 0.717) is 12.1 Å². The minimum absolute atomic E-state index is 0.630. The molecule has 2 atom stereocenters. The molecule has 0 N–H and O–H groups in total. The Morgan fingerprint density at radius 2 is 1.56 bits per heavy atom. The van der Waals surface area contributed by atoms with Crippen LogP contribution < -0.4 is 0 Å². The molecular formula is C5H8ClCuN2. The number of hydrogen-bond donors (Lipinski definition) is 0. The van der Waals surface area contributed by atoms with Gasteiger partial charge in [-0.15, -0.1) is 0 Å². The first-order chi connectivity index (χ1) is 4.45. The Morgan fingerprint density at radius 1 is 1.11 bits per heavy atom. The summed E-state index contributed by atoms with van der Waals surface area (Å²) in [6, 6.07) is 1.26. The first-order valence-electron chi connectivity index (χ1n) is 2.96. The third-order valence-electron chi connectivity index (χ3n) is 1.77. The monoisotopic (exact) mass is 194 g/mol. The molecule has 2 nitrogen and oxygen atoms in total. The molecule has 1 aliphatic carbocycles. The number of fused-ring (bicyclic) bond motifs is 2. The van der Waals surface area contributed by atoms with Crippen molar-refractivity contribution in [2.24, 2.45) is 10.2 Å². The first-order valence-corrected chi connectivity index (χ1v) is 4.26. The molecule has 0 radical (unpaired) electrons. The summed E-state index contributed by atoms with van der Waals surface area (Å²) in [4.78, 5) is 0. The van der Waals surface area contributed by atoms with E-state index in [1.807, 2.05) is 0 Å². The summed E-state index contributed by atoms with van der Waals surface area (Å²) >= 11 is 3.66. The van der Waals surface area contributed by atoms with Crippen molar-refractivity contribution in [2.45, 2.75) is 31.3 Å². The van der Waals surface area contributed by atoms with Gasteiger partial charge in [0.1, 0.15) is 0 Å². The molecule has 2 rings (SSSR count). The van der Waals surface area contributed by atoms with Crippen molar-refractivity contribution in [1.29, 1.82) is 0 Å². The molecule has 1 saturated carbocycles. The van der Waals surface area contributed by atoms with Crippen LogP contribution in [-0.2, 0) is 15.1 Å². The fourth-order valence-corrected chi connectivity index (χ4v) is 1.33. The van der Waals surface area contributed by atoms with E-state index in [1.165, 1.54) is 19.3 Å². The molecule has 1 aliphatic heterocycles. The van der Waals surface area contributed by atoms with Gasteiger partial charge in [-0.1, -0.05) is 0 Å². The average molecular weight is 195 g/mol. The second-order valence-corrected chi connectivity index (χ2v) is 2.35. The molecule has 4 heteroatoms. The van der Waals surface area contributed by atoms with E-state index >= 15 is 0 Å². The topological polar surface area (TPSA) is 24.7 Å². The maximum absolute atomic E-state index is 4.20. The number of hydrogen-bond acceptors (Lipinski definition) is 2. The second-order valence-electron chi connectivity index (χ2n) is 2.35. The van der Waals surface area contributed by atoms with E-state index in [9.17, 15) is 0 Å². The van der Waals surface area contributed by atoms with Crippen LogP contribution in [0.1, 0.15) is 19.3 Å². The summed E-state index contributed by atoms with van der Waals surface area (Å²) < 4.78 is 0. The van der Waals surface area contributed by atoms with Crippen molar-refractivity contribution in [3.05, 3.63) is 0 Å². The third kappa shape index (κ3) is 1.66. The molecule has 0 spiro atoms. The number of nitrogens with zero attached hydrogens (tertiary/aromatic N) is 2. The quantitative estimate of drug-likeness (QED) is 0.528. The average Bonchev–Trinajstić information content (AvgIpc) is 2.53. The summed E-state index contributed by atoms with van der Waals surface area (Å²) in [5, 5.41) is 8.06. The normalized spacial score (nSPS) is 36.3. The van der Waals surface area contributed by atoms with Gasteiger partial charge in [0.15, 0.2) is 0 Å². The zero-order valence-electron chi connectivity index (χ0n) is 4.85. The summed E-state index contributed by atoms with van der Waals surface area (Å²) in [7, 11) is 4.20. The van der Waals surface area contributed by atoms with Crippen LogP contribution in [-0.4, -0.2) is 12.1 Å². The number of azo groups is 1. The van der Waals surface area contributed by atoms with Crippen LogP contribution in [0.5, 0.6) is 0 Å². The maximum atomic E-state index is 4.20. The summed E-state index contributed by atoms with van der Waals surface area (Å²) in [5.74, 6) is 0. The Morgan fingerprint density at radius 3 is 1.67 bits per heavy atom. The molecule has 9 heavy (non-hydrogen) atoms. The summed E-state index contributed by atoms with van der Waals surface area (Å²) in [6.07, 6.45) is 3.85. The summed E-state index contributed by atoms with van der Waals surface area (Å²) in [5.41, 5.74) is 0. The van der Waals surface area contributed by atoms with Gasteiger partial charge < -0.3 is 0 Å². The Bertz CT molecular complexity index is 106. The molecule has 0 amide bonds. The zero-order chi connectivity index (χ0) is 6.69. The van der Waals surface area contributed by atoms with E-state index in [-0.39, 0.29) is 0 Å². The van der Waals surface area contributed by atoms with Crippen LogP contribution in [0.25, 0.3) is 0 Å². The van der Waals surface area contributed by atoms with E-state index < -0.39 is 0 Å². The fourth-order valence-electron chi connectivity index (χ4n) is 1.33. The van der Waals surface area contributed by atoms with Crippen molar-refractivity contribution < 1.29 is 15.1 Å². The zero-order valence-corrected chi connectivity index (χ0v) is 6.55. The minimum atomic E-state index is 0.630. The molecule has 2 bridgehead atoms. The van der Waals surface area contributed by atoms with Gasteiger partial charge >= 0.3 is 25.2 Å². The standard InChI is InChI=1S/C5H8N2.ClH.Cu/c1-2-5-3-4(1)6-7-5;;/h4-5H,1-3H2;1H;/q;;+1/p-1. The molecule has 56 valence electrons. The second kappa shape index (κ2) is 3.55. The van der Waals surface area contributed by atoms with Crippen LogP contribution in [0.2, 0.25) is 0 Å². The van der Waals surface area contributed by atoms with Gasteiger partial charge in [0.25, 0.3) is 0 Å². The molecule has 0 aromatic carbocycles. The Hall–Kier alpha value is 0.409. The van der Waals surface area contributed by atoms with Gasteiger partial charge in [-0.2, -0.15) is 10.2 Å². The van der Waals surface area contributed by atoms with Crippen LogP contribution in [0.3, 0.4) is 0 Å². The number of halogens is 1. The van der Waals surface area contributed by atoms with Crippen LogP contribution in [0, 0.1) is 0 Å². The Balaban J connectivity index is 0.000000186. The molecule has 2 unspecified atom stereocenters. The third-order valence-corrected chi connectivity index (χ3v) is 1.77. The molecule has 0 saturated heterocycles. The van der Waals surface area contributed by atoms with Gasteiger partial charge in [0, 0.05) is 0 Å². The first kappa shape index (κ1) is 7.52. The van der Waals surface area contributed by atoms with Crippen LogP contribution >= 0.6 is 10.1 Å². The predicted molar refractivity (Wildman–Crippen MR) is 32.1 cm³/mol. The van der Waals surface area contributed by atoms with Crippen molar-refractivity contribution >= 4 is 10.1 Å². The Kier molecular flexibility index (Phi) is 2.96. The van der Waals surface area contributed by atoms with Gasteiger partial charge in [-0.25, -0.2) is 0 Å². The summed E-state index contributed by atoms with van der Waals surface area (Å²) in [6.45, 7) is 0. The van der Waals surface area contributed by atoms with E-state index in [1.54, 1.807) is 0 Å².